The average molecular weight is 309 g/mol. The van der Waals surface area contributed by atoms with E-state index in [-0.39, 0.29) is 24.8 Å². The molecule has 2 aliphatic rings. The van der Waals surface area contributed by atoms with Gasteiger partial charge in [0.25, 0.3) is 0 Å². The van der Waals surface area contributed by atoms with E-state index in [1.54, 1.807) is 4.90 Å². The van der Waals surface area contributed by atoms with Gasteiger partial charge in [-0.15, -0.1) is 0 Å². The lowest BCUT2D eigenvalue weighted by Crippen LogP contribution is -2.37. The lowest BCUT2D eigenvalue weighted by Gasteiger charge is -2.23. The summed E-state index contributed by atoms with van der Waals surface area (Å²) in [4.78, 5) is 25.5. The lowest BCUT2D eigenvalue weighted by molar-refractivity contribution is -0.149. The number of rotatable bonds is 3. The fourth-order valence-corrected chi connectivity index (χ4v) is 3.76. The van der Waals surface area contributed by atoms with Crippen LogP contribution in [0.1, 0.15) is 24.8 Å². The van der Waals surface area contributed by atoms with Crippen molar-refractivity contribution >= 4 is 11.9 Å². The second-order valence-electron chi connectivity index (χ2n) is 6.25. The number of carbonyl (C=O) groups is 2. The molecular formula is C16H17F2NO3. The number of aliphatic carboxylic acids is 1. The van der Waals surface area contributed by atoms with Gasteiger partial charge in [0.1, 0.15) is 0 Å². The van der Waals surface area contributed by atoms with Crippen molar-refractivity contribution in [3.63, 3.8) is 0 Å². The molecule has 1 aromatic carbocycles. The van der Waals surface area contributed by atoms with E-state index in [9.17, 15) is 23.5 Å². The predicted octanol–water partition coefficient (Wildman–Crippen LogP) is 2.22. The Bertz CT molecular complexity index is 634. The largest absolute Gasteiger partial charge is 0.481 e. The molecule has 1 N–H and O–H groups in total. The van der Waals surface area contributed by atoms with E-state index in [1.807, 2.05) is 0 Å². The number of benzene rings is 1. The lowest BCUT2D eigenvalue weighted by atomic mass is 9.81. The maximum absolute atomic E-state index is 13.2. The molecule has 1 saturated heterocycles. The van der Waals surface area contributed by atoms with Crippen LogP contribution < -0.4 is 0 Å². The molecule has 2 fully saturated rings. The Morgan fingerprint density at radius 2 is 2.09 bits per heavy atom. The van der Waals surface area contributed by atoms with Crippen LogP contribution in [0.2, 0.25) is 0 Å². The number of fused-ring (bicyclic) bond motifs is 1. The van der Waals surface area contributed by atoms with Crippen molar-refractivity contribution in [1.29, 1.82) is 0 Å². The Hall–Kier alpha value is -1.98. The molecule has 1 amide bonds. The highest BCUT2D eigenvalue weighted by Crippen LogP contribution is 2.48. The molecule has 22 heavy (non-hydrogen) atoms. The molecule has 6 heteroatoms. The van der Waals surface area contributed by atoms with E-state index >= 15 is 0 Å². The quantitative estimate of drug-likeness (QED) is 0.931. The number of likely N-dealkylation sites (tertiary alicyclic amines) is 1. The zero-order valence-electron chi connectivity index (χ0n) is 12.0. The van der Waals surface area contributed by atoms with Crippen LogP contribution in [0, 0.1) is 23.0 Å². The molecule has 118 valence electrons. The summed E-state index contributed by atoms with van der Waals surface area (Å²) in [5.74, 6) is -3.00. The minimum Gasteiger partial charge on any atom is -0.481 e. The predicted molar refractivity (Wildman–Crippen MR) is 74.1 cm³/mol. The molecule has 3 rings (SSSR count). The summed E-state index contributed by atoms with van der Waals surface area (Å²) in [6, 6.07) is 3.38. The molecule has 0 radical (unpaired) electrons. The number of hydrogen-bond acceptors (Lipinski definition) is 2. The van der Waals surface area contributed by atoms with Gasteiger partial charge in [0.05, 0.1) is 11.8 Å². The van der Waals surface area contributed by atoms with Crippen LogP contribution >= 0.6 is 0 Å². The third kappa shape index (κ3) is 2.36. The van der Waals surface area contributed by atoms with Gasteiger partial charge in [0, 0.05) is 13.1 Å². The second-order valence-corrected chi connectivity index (χ2v) is 6.25. The van der Waals surface area contributed by atoms with Gasteiger partial charge in [0.2, 0.25) is 5.91 Å². The highest BCUT2D eigenvalue weighted by atomic mass is 19.2. The van der Waals surface area contributed by atoms with Crippen LogP contribution in [-0.4, -0.2) is 35.0 Å². The summed E-state index contributed by atoms with van der Waals surface area (Å²) >= 11 is 0. The maximum atomic E-state index is 13.2. The fourth-order valence-electron chi connectivity index (χ4n) is 3.76. The standard InChI is InChI=1S/C16H17F2NO3/c17-12-4-3-10(6-13(12)18)7-14(20)19-8-11-2-1-5-16(11,9-19)15(21)22/h3-4,6,11H,1-2,5,7-9H2,(H,21,22)/t11-,16+/m0/s1. The third-order valence-corrected chi connectivity index (χ3v) is 4.99. The van der Waals surface area contributed by atoms with Crippen molar-refractivity contribution < 1.29 is 23.5 Å². The SMILES string of the molecule is O=C(Cc1ccc(F)c(F)c1)N1C[C@@H]2CCC[C@@]2(C(=O)O)C1. The molecule has 1 aliphatic heterocycles. The van der Waals surface area contributed by atoms with Crippen molar-refractivity contribution in [1.82, 2.24) is 4.90 Å². The van der Waals surface area contributed by atoms with Gasteiger partial charge in [-0.1, -0.05) is 12.5 Å². The minimum atomic E-state index is -0.981. The highest BCUT2D eigenvalue weighted by Gasteiger charge is 2.55. The normalized spacial score (nSPS) is 27.0. The van der Waals surface area contributed by atoms with Crippen LogP contribution in [0.5, 0.6) is 0 Å². The number of halogens is 2. The topological polar surface area (TPSA) is 57.6 Å². The van der Waals surface area contributed by atoms with Gasteiger partial charge in [-0.2, -0.15) is 0 Å². The molecule has 0 bridgehead atoms. The molecule has 1 saturated carbocycles. The summed E-state index contributed by atoms with van der Waals surface area (Å²) in [6.07, 6.45) is 2.25. The Morgan fingerprint density at radius 1 is 1.32 bits per heavy atom. The van der Waals surface area contributed by atoms with Crippen molar-refractivity contribution in [2.24, 2.45) is 11.3 Å². The number of carbonyl (C=O) groups excluding carboxylic acids is 1. The van der Waals surface area contributed by atoms with E-state index in [2.05, 4.69) is 0 Å². The first-order chi connectivity index (χ1) is 10.4. The Morgan fingerprint density at radius 3 is 2.73 bits per heavy atom. The summed E-state index contributed by atoms with van der Waals surface area (Å²) in [5, 5.41) is 9.50. The molecule has 0 unspecified atom stereocenters. The van der Waals surface area contributed by atoms with Crippen LogP contribution in [0.4, 0.5) is 8.78 Å². The van der Waals surface area contributed by atoms with Gasteiger partial charge in [-0.3, -0.25) is 9.59 Å². The summed E-state index contributed by atoms with van der Waals surface area (Å²) < 4.78 is 26.1. The van der Waals surface area contributed by atoms with Crippen molar-refractivity contribution in [2.75, 3.05) is 13.1 Å². The zero-order chi connectivity index (χ0) is 15.9. The number of amides is 1. The van der Waals surface area contributed by atoms with E-state index < -0.39 is 23.0 Å². The Kier molecular flexibility index (Phi) is 3.62. The number of nitrogens with zero attached hydrogens (tertiary/aromatic N) is 1. The minimum absolute atomic E-state index is 0.00101. The zero-order valence-corrected chi connectivity index (χ0v) is 12.0. The molecule has 1 aromatic rings. The average Bonchev–Trinajstić information content (AvgIpc) is 3.00. The first-order valence-electron chi connectivity index (χ1n) is 7.37. The van der Waals surface area contributed by atoms with Gasteiger partial charge < -0.3 is 10.0 Å². The number of hydrogen-bond donors (Lipinski definition) is 1. The highest BCUT2D eigenvalue weighted by molar-refractivity contribution is 5.82. The molecule has 1 aliphatic carbocycles. The fraction of sp³-hybridized carbons (Fsp3) is 0.500. The summed E-state index contributed by atoms with van der Waals surface area (Å²) in [5.41, 5.74) is -0.422. The second kappa shape index (κ2) is 5.34. The van der Waals surface area contributed by atoms with Crippen LogP contribution in [-0.2, 0) is 16.0 Å². The third-order valence-electron chi connectivity index (χ3n) is 4.99. The van der Waals surface area contributed by atoms with Gasteiger partial charge in [-0.05, 0) is 36.5 Å². The smallest absolute Gasteiger partial charge is 0.311 e. The van der Waals surface area contributed by atoms with Crippen molar-refractivity contribution in [3.8, 4) is 0 Å². The molecule has 0 aromatic heterocycles. The van der Waals surface area contributed by atoms with Gasteiger partial charge in [-0.25, -0.2) is 8.78 Å². The van der Waals surface area contributed by atoms with Crippen LogP contribution in [0.25, 0.3) is 0 Å². The summed E-state index contributed by atoms with van der Waals surface area (Å²) in [6.45, 7) is 0.657. The Balaban J connectivity index is 1.71. The van der Waals surface area contributed by atoms with Crippen molar-refractivity contribution in [2.45, 2.75) is 25.7 Å². The van der Waals surface area contributed by atoms with Crippen molar-refractivity contribution in [3.05, 3.63) is 35.4 Å². The Labute approximate surface area is 126 Å². The molecule has 1 heterocycles. The summed E-state index contributed by atoms with van der Waals surface area (Å²) in [7, 11) is 0. The van der Waals surface area contributed by atoms with Crippen LogP contribution in [0.3, 0.4) is 0 Å². The first-order valence-corrected chi connectivity index (χ1v) is 7.37. The molecule has 2 atom stereocenters. The molecule has 0 spiro atoms. The van der Waals surface area contributed by atoms with E-state index in [0.717, 1.165) is 25.0 Å². The van der Waals surface area contributed by atoms with E-state index in [0.29, 0.717) is 18.5 Å². The maximum Gasteiger partial charge on any atom is 0.311 e. The van der Waals surface area contributed by atoms with E-state index in [4.69, 9.17) is 0 Å². The van der Waals surface area contributed by atoms with E-state index in [1.165, 1.54) is 6.07 Å². The van der Waals surface area contributed by atoms with Gasteiger partial charge in [0.15, 0.2) is 11.6 Å². The first kappa shape index (κ1) is 14.9. The molecular weight excluding hydrogens is 292 g/mol. The molecule has 4 nitrogen and oxygen atoms in total. The number of carboxylic acid groups (broad SMARTS) is 1. The number of carboxylic acids is 1. The monoisotopic (exact) mass is 309 g/mol. The van der Waals surface area contributed by atoms with Gasteiger partial charge >= 0.3 is 5.97 Å². The van der Waals surface area contributed by atoms with Crippen LogP contribution in [0.15, 0.2) is 18.2 Å².